The summed E-state index contributed by atoms with van der Waals surface area (Å²) in [5, 5.41) is 4.46. The highest BCUT2D eigenvalue weighted by Crippen LogP contribution is 2.48. The molecule has 4 rings (SSSR count). The SMILES string of the molecule is CNC1CCCc2nc(-c3ccc(C4CC4C)o3)sc21. The first kappa shape index (κ1) is 12.6. The normalized spacial score (nSPS) is 28.4. The first-order valence-electron chi connectivity index (χ1n) is 7.53. The quantitative estimate of drug-likeness (QED) is 0.923. The van der Waals surface area contributed by atoms with Crippen LogP contribution in [0.5, 0.6) is 0 Å². The number of hydrogen-bond acceptors (Lipinski definition) is 4. The van der Waals surface area contributed by atoms with Crippen LogP contribution in [-0.2, 0) is 6.42 Å². The zero-order chi connectivity index (χ0) is 13.7. The number of nitrogens with one attached hydrogen (secondary N) is 1. The highest BCUT2D eigenvalue weighted by molar-refractivity contribution is 7.15. The molecule has 1 saturated carbocycles. The van der Waals surface area contributed by atoms with Gasteiger partial charge in [-0.15, -0.1) is 11.3 Å². The van der Waals surface area contributed by atoms with Crippen LogP contribution in [0.15, 0.2) is 16.5 Å². The summed E-state index contributed by atoms with van der Waals surface area (Å²) in [6.07, 6.45) is 4.82. The first-order valence-corrected chi connectivity index (χ1v) is 8.35. The number of thiazole rings is 1. The van der Waals surface area contributed by atoms with E-state index < -0.39 is 0 Å². The molecule has 3 unspecified atom stereocenters. The Morgan fingerprint density at radius 1 is 1.40 bits per heavy atom. The Labute approximate surface area is 123 Å². The fraction of sp³-hybridized carbons (Fsp3) is 0.562. The van der Waals surface area contributed by atoms with Crippen LogP contribution in [0.3, 0.4) is 0 Å². The molecule has 2 aromatic rings. The molecule has 0 amide bonds. The van der Waals surface area contributed by atoms with Crippen molar-refractivity contribution in [1.29, 1.82) is 0 Å². The van der Waals surface area contributed by atoms with Crippen molar-refractivity contribution in [1.82, 2.24) is 10.3 Å². The van der Waals surface area contributed by atoms with Gasteiger partial charge in [0.1, 0.15) is 5.76 Å². The van der Waals surface area contributed by atoms with Gasteiger partial charge in [0.25, 0.3) is 0 Å². The van der Waals surface area contributed by atoms with Crippen molar-refractivity contribution in [2.24, 2.45) is 5.92 Å². The average Bonchev–Trinajstić information content (AvgIpc) is 2.92. The maximum atomic E-state index is 6.04. The second-order valence-corrected chi connectivity index (χ2v) is 7.12. The molecule has 0 aromatic carbocycles. The van der Waals surface area contributed by atoms with Crippen molar-refractivity contribution in [2.45, 2.75) is 44.6 Å². The summed E-state index contributed by atoms with van der Waals surface area (Å²) < 4.78 is 6.04. The van der Waals surface area contributed by atoms with Gasteiger partial charge in [-0.05, 0) is 50.8 Å². The van der Waals surface area contributed by atoms with E-state index in [9.17, 15) is 0 Å². The Morgan fingerprint density at radius 3 is 3.00 bits per heavy atom. The molecule has 0 spiro atoms. The molecule has 0 aliphatic heterocycles. The molecule has 20 heavy (non-hydrogen) atoms. The number of furan rings is 1. The molecule has 1 N–H and O–H groups in total. The van der Waals surface area contributed by atoms with Gasteiger partial charge in [0.2, 0.25) is 0 Å². The highest BCUT2D eigenvalue weighted by Gasteiger charge is 2.37. The van der Waals surface area contributed by atoms with Gasteiger partial charge in [-0.25, -0.2) is 4.98 Å². The van der Waals surface area contributed by atoms with Crippen LogP contribution in [0.25, 0.3) is 10.8 Å². The number of aryl methyl sites for hydroxylation is 1. The zero-order valence-corrected chi connectivity index (χ0v) is 12.8. The molecule has 2 heterocycles. The monoisotopic (exact) mass is 288 g/mol. The largest absolute Gasteiger partial charge is 0.458 e. The van der Waals surface area contributed by atoms with Crippen LogP contribution >= 0.6 is 11.3 Å². The lowest BCUT2D eigenvalue weighted by molar-refractivity contribution is 0.500. The van der Waals surface area contributed by atoms with E-state index in [4.69, 9.17) is 9.40 Å². The molecular weight excluding hydrogens is 268 g/mol. The van der Waals surface area contributed by atoms with E-state index in [1.807, 2.05) is 7.05 Å². The number of nitrogens with zero attached hydrogens (tertiary/aromatic N) is 1. The van der Waals surface area contributed by atoms with E-state index in [0.29, 0.717) is 12.0 Å². The topological polar surface area (TPSA) is 38.1 Å². The fourth-order valence-corrected chi connectivity index (χ4v) is 4.40. The van der Waals surface area contributed by atoms with E-state index in [0.717, 1.165) is 28.9 Å². The Hall–Kier alpha value is -1.13. The van der Waals surface area contributed by atoms with Crippen molar-refractivity contribution in [3.8, 4) is 10.8 Å². The van der Waals surface area contributed by atoms with Gasteiger partial charge in [0.05, 0.1) is 5.69 Å². The third-order valence-electron chi connectivity index (χ3n) is 4.61. The van der Waals surface area contributed by atoms with Crippen molar-refractivity contribution >= 4 is 11.3 Å². The minimum Gasteiger partial charge on any atom is -0.458 e. The molecule has 2 aliphatic carbocycles. The molecule has 0 bridgehead atoms. The van der Waals surface area contributed by atoms with Crippen LogP contribution in [0.2, 0.25) is 0 Å². The lowest BCUT2D eigenvalue weighted by Gasteiger charge is -2.19. The van der Waals surface area contributed by atoms with Crippen LogP contribution in [0.4, 0.5) is 0 Å². The standard InChI is InChI=1S/C16H20N2OS/c1-9-8-10(9)13-6-7-14(19-13)16-18-12-5-3-4-11(17-2)15(12)20-16/h6-7,9-11,17H,3-5,8H2,1-2H3. The van der Waals surface area contributed by atoms with Crippen LogP contribution in [0, 0.1) is 5.92 Å². The summed E-state index contributed by atoms with van der Waals surface area (Å²) in [6.45, 7) is 2.28. The number of fused-ring (bicyclic) bond motifs is 1. The average molecular weight is 288 g/mol. The maximum absolute atomic E-state index is 6.04. The smallest absolute Gasteiger partial charge is 0.162 e. The second-order valence-electron chi connectivity index (χ2n) is 6.08. The number of hydrogen-bond donors (Lipinski definition) is 1. The minimum atomic E-state index is 0.475. The summed E-state index contributed by atoms with van der Waals surface area (Å²) in [5.74, 6) is 3.52. The maximum Gasteiger partial charge on any atom is 0.162 e. The van der Waals surface area contributed by atoms with Crippen LogP contribution < -0.4 is 5.32 Å². The second kappa shape index (κ2) is 4.71. The van der Waals surface area contributed by atoms with Gasteiger partial charge in [-0.1, -0.05) is 6.92 Å². The minimum absolute atomic E-state index is 0.475. The van der Waals surface area contributed by atoms with E-state index in [1.165, 1.54) is 29.8 Å². The molecule has 0 saturated heterocycles. The zero-order valence-electron chi connectivity index (χ0n) is 12.0. The predicted octanol–water partition coefficient (Wildman–Crippen LogP) is 4.12. The summed E-state index contributed by atoms with van der Waals surface area (Å²) in [6, 6.07) is 4.71. The summed E-state index contributed by atoms with van der Waals surface area (Å²) in [7, 11) is 2.04. The Kier molecular flexibility index (Phi) is 2.97. The van der Waals surface area contributed by atoms with Crippen molar-refractivity contribution < 1.29 is 4.42 Å². The first-order chi connectivity index (χ1) is 9.76. The molecule has 3 nitrogen and oxygen atoms in total. The van der Waals surface area contributed by atoms with Gasteiger partial charge < -0.3 is 9.73 Å². The van der Waals surface area contributed by atoms with Gasteiger partial charge in [0, 0.05) is 16.8 Å². The number of aromatic nitrogens is 1. The molecule has 3 atom stereocenters. The van der Waals surface area contributed by atoms with E-state index in [-0.39, 0.29) is 0 Å². The summed E-state index contributed by atoms with van der Waals surface area (Å²) >= 11 is 1.80. The van der Waals surface area contributed by atoms with Gasteiger partial charge in [-0.3, -0.25) is 0 Å². The van der Waals surface area contributed by atoms with Gasteiger partial charge in [-0.2, -0.15) is 0 Å². The Morgan fingerprint density at radius 2 is 2.25 bits per heavy atom. The third kappa shape index (κ3) is 2.02. The molecule has 1 fully saturated rings. The molecule has 106 valence electrons. The molecular formula is C16H20N2OS. The Bertz CT molecular complexity index is 630. The summed E-state index contributed by atoms with van der Waals surface area (Å²) in [4.78, 5) is 6.22. The Balaban J connectivity index is 1.65. The van der Waals surface area contributed by atoms with E-state index >= 15 is 0 Å². The van der Waals surface area contributed by atoms with Crippen LogP contribution in [-0.4, -0.2) is 12.0 Å². The van der Waals surface area contributed by atoms with E-state index in [1.54, 1.807) is 11.3 Å². The lowest BCUT2D eigenvalue weighted by atomic mass is 9.98. The molecule has 0 radical (unpaired) electrons. The molecule has 4 heteroatoms. The van der Waals surface area contributed by atoms with E-state index in [2.05, 4.69) is 24.4 Å². The van der Waals surface area contributed by atoms with Crippen LogP contribution in [0.1, 0.15) is 54.5 Å². The van der Waals surface area contributed by atoms with Crippen molar-refractivity contribution in [3.63, 3.8) is 0 Å². The molecule has 2 aromatic heterocycles. The number of rotatable bonds is 3. The third-order valence-corrected chi connectivity index (χ3v) is 5.84. The highest BCUT2D eigenvalue weighted by atomic mass is 32.1. The lowest BCUT2D eigenvalue weighted by Crippen LogP contribution is -2.19. The van der Waals surface area contributed by atoms with Gasteiger partial charge in [0.15, 0.2) is 10.8 Å². The molecule has 2 aliphatic rings. The fourth-order valence-electron chi connectivity index (χ4n) is 3.19. The van der Waals surface area contributed by atoms with Crippen molar-refractivity contribution in [2.75, 3.05) is 7.05 Å². The van der Waals surface area contributed by atoms with Gasteiger partial charge >= 0.3 is 0 Å². The van der Waals surface area contributed by atoms with Crippen molar-refractivity contribution in [3.05, 3.63) is 28.5 Å². The summed E-state index contributed by atoms with van der Waals surface area (Å²) in [5.41, 5.74) is 1.27. The predicted molar refractivity (Wildman–Crippen MR) is 81.1 cm³/mol.